The highest BCUT2D eigenvalue weighted by atomic mass is 16.5. The zero-order valence-electron chi connectivity index (χ0n) is 8.38. The summed E-state index contributed by atoms with van der Waals surface area (Å²) in [5, 5.41) is 0. The van der Waals surface area contributed by atoms with Crippen molar-refractivity contribution in [2.45, 2.75) is 6.92 Å². The van der Waals surface area contributed by atoms with Crippen LogP contribution >= 0.6 is 0 Å². The lowest BCUT2D eigenvalue weighted by atomic mass is 10.1. The van der Waals surface area contributed by atoms with Crippen LogP contribution in [0.2, 0.25) is 0 Å². The molecule has 1 aromatic carbocycles. The van der Waals surface area contributed by atoms with Crippen molar-refractivity contribution in [3.05, 3.63) is 33.7 Å². The van der Waals surface area contributed by atoms with E-state index in [4.69, 9.17) is 0 Å². The van der Waals surface area contributed by atoms with Crippen molar-refractivity contribution >= 4 is 17.0 Å². The Morgan fingerprint density at radius 1 is 1.33 bits per heavy atom. The summed E-state index contributed by atoms with van der Waals surface area (Å²) < 4.78 is 4.61. The number of aryl methyl sites for hydroxylation is 1. The van der Waals surface area contributed by atoms with Crippen LogP contribution < -0.4 is 5.69 Å². The fourth-order valence-corrected chi connectivity index (χ4v) is 1.55. The topological polar surface area (TPSA) is 75.0 Å². The molecule has 0 atom stereocenters. The minimum Gasteiger partial charge on any atom is -0.465 e. The lowest BCUT2D eigenvalue weighted by molar-refractivity contribution is 0.0601. The monoisotopic (exact) mass is 206 g/mol. The summed E-state index contributed by atoms with van der Waals surface area (Å²) in [6.07, 6.45) is 0. The maximum Gasteiger partial charge on any atom is 0.337 e. The Kier molecular flexibility index (Phi) is 2.07. The maximum absolute atomic E-state index is 11.3. The molecule has 0 spiro atoms. The Balaban J connectivity index is 2.71. The van der Waals surface area contributed by atoms with Crippen molar-refractivity contribution < 1.29 is 9.53 Å². The van der Waals surface area contributed by atoms with Crippen LogP contribution in [0.5, 0.6) is 0 Å². The average Bonchev–Trinajstić information content (AvgIpc) is 2.58. The van der Waals surface area contributed by atoms with Crippen molar-refractivity contribution in [2.75, 3.05) is 7.11 Å². The van der Waals surface area contributed by atoms with Crippen molar-refractivity contribution in [3.63, 3.8) is 0 Å². The van der Waals surface area contributed by atoms with Gasteiger partial charge in [-0.05, 0) is 24.6 Å². The molecule has 5 nitrogen and oxygen atoms in total. The molecule has 0 saturated carbocycles. The van der Waals surface area contributed by atoms with Crippen LogP contribution in [-0.2, 0) is 4.74 Å². The quantitative estimate of drug-likeness (QED) is 0.682. The van der Waals surface area contributed by atoms with Gasteiger partial charge in [0.1, 0.15) is 0 Å². The van der Waals surface area contributed by atoms with Crippen LogP contribution in [0, 0.1) is 6.92 Å². The lowest BCUT2D eigenvalue weighted by Crippen LogP contribution is -2.01. The number of carbonyl (C=O) groups is 1. The first-order valence-electron chi connectivity index (χ1n) is 4.43. The Morgan fingerprint density at radius 2 is 2.07 bits per heavy atom. The summed E-state index contributed by atoms with van der Waals surface area (Å²) in [4.78, 5) is 27.6. The molecule has 0 fully saturated rings. The first-order chi connectivity index (χ1) is 7.11. The maximum atomic E-state index is 11.3. The molecule has 2 aromatic rings. The second-order valence-corrected chi connectivity index (χ2v) is 3.29. The Hall–Kier alpha value is -2.04. The first-order valence-corrected chi connectivity index (χ1v) is 4.43. The van der Waals surface area contributed by atoms with E-state index in [-0.39, 0.29) is 5.69 Å². The second-order valence-electron chi connectivity index (χ2n) is 3.29. The molecule has 5 heteroatoms. The van der Waals surface area contributed by atoms with E-state index in [1.807, 2.05) is 6.92 Å². The molecule has 0 aliphatic carbocycles. The van der Waals surface area contributed by atoms with Gasteiger partial charge in [-0.1, -0.05) is 0 Å². The second kappa shape index (κ2) is 3.27. The summed E-state index contributed by atoms with van der Waals surface area (Å²) in [6, 6.07) is 3.27. The Bertz CT molecular complexity index is 580. The van der Waals surface area contributed by atoms with Crippen molar-refractivity contribution in [1.29, 1.82) is 0 Å². The lowest BCUT2D eigenvalue weighted by Gasteiger charge is -2.01. The molecule has 2 rings (SSSR count). The number of nitrogens with one attached hydrogen (secondary N) is 2. The van der Waals surface area contributed by atoms with Crippen LogP contribution in [-0.4, -0.2) is 23.0 Å². The summed E-state index contributed by atoms with van der Waals surface area (Å²) in [5.41, 5.74) is 2.30. The van der Waals surface area contributed by atoms with Gasteiger partial charge in [0, 0.05) is 0 Å². The van der Waals surface area contributed by atoms with Gasteiger partial charge in [-0.3, -0.25) is 0 Å². The van der Waals surface area contributed by atoms with Crippen LogP contribution in [0.15, 0.2) is 16.9 Å². The van der Waals surface area contributed by atoms with E-state index in [9.17, 15) is 9.59 Å². The molecule has 2 N–H and O–H groups in total. The van der Waals surface area contributed by atoms with Crippen LogP contribution in [0.4, 0.5) is 0 Å². The van der Waals surface area contributed by atoms with Gasteiger partial charge in [0.2, 0.25) is 0 Å². The van der Waals surface area contributed by atoms with E-state index >= 15 is 0 Å². The summed E-state index contributed by atoms with van der Waals surface area (Å²) in [5.74, 6) is -0.415. The van der Waals surface area contributed by atoms with Gasteiger partial charge in [-0.2, -0.15) is 0 Å². The number of carbonyl (C=O) groups excluding carboxylic acids is 1. The van der Waals surface area contributed by atoms with E-state index in [0.717, 1.165) is 5.56 Å². The highest BCUT2D eigenvalue weighted by Crippen LogP contribution is 2.16. The number of H-pyrrole nitrogens is 2. The SMILES string of the molecule is COC(=O)c1cc(C)c2[nH]c(=O)[nH]c2c1. The number of hydrogen-bond donors (Lipinski definition) is 2. The van der Waals surface area contributed by atoms with E-state index in [0.29, 0.717) is 16.6 Å². The smallest absolute Gasteiger partial charge is 0.337 e. The molecule has 15 heavy (non-hydrogen) atoms. The largest absolute Gasteiger partial charge is 0.465 e. The van der Waals surface area contributed by atoms with Crippen molar-refractivity contribution in [1.82, 2.24) is 9.97 Å². The molecule has 0 unspecified atom stereocenters. The summed E-state index contributed by atoms with van der Waals surface area (Å²) in [6.45, 7) is 1.82. The molecule has 0 saturated heterocycles. The van der Waals surface area contributed by atoms with Crippen LogP contribution in [0.1, 0.15) is 15.9 Å². The number of hydrogen-bond acceptors (Lipinski definition) is 3. The van der Waals surface area contributed by atoms with E-state index in [2.05, 4.69) is 14.7 Å². The fraction of sp³-hybridized carbons (Fsp3) is 0.200. The molecule has 0 amide bonds. The number of ether oxygens (including phenoxy) is 1. The van der Waals surface area contributed by atoms with E-state index in [1.54, 1.807) is 12.1 Å². The van der Waals surface area contributed by atoms with Crippen molar-refractivity contribution in [3.8, 4) is 0 Å². The minimum absolute atomic E-state index is 0.282. The number of aromatic nitrogens is 2. The average molecular weight is 206 g/mol. The Morgan fingerprint density at radius 3 is 2.73 bits per heavy atom. The first kappa shape index (κ1) is 9.51. The van der Waals surface area contributed by atoms with E-state index < -0.39 is 5.97 Å². The highest BCUT2D eigenvalue weighted by Gasteiger charge is 2.09. The molecule has 0 aliphatic heterocycles. The molecular formula is C10H10N2O3. The third kappa shape index (κ3) is 1.52. The molecule has 1 aromatic heterocycles. The normalized spacial score (nSPS) is 10.5. The van der Waals surface area contributed by atoms with Gasteiger partial charge < -0.3 is 14.7 Å². The van der Waals surface area contributed by atoms with Crippen LogP contribution in [0.25, 0.3) is 11.0 Å². The molecular weight excluding hydrogens is 196 g/mol. The minimum atomic E-state index is -0.415. The molecule has 1 heterocycles. The highest BCUT2D eigenvalue weighted by molar-refractivity contribution is 5.94. The third-order valence-electron chi connectivity index (χ3n) is 2.24. The van der Waals surface area contributed by atoms with Gasteiger partial charge in [0.25, 0.3) is 0 Å². The summed E-state index contributed by atoms with van der Waals surface area (Å²) in [7, 11) is 1.32. The van der Waals surface area contributed by atoms with Crippen LogP contribution in [0.3, 0.4) is 0 Å². The third-order valence-corrected chi connectivity index (χ3v) is 2.24. The zero-order chi connectivity index (χ0) is 11.0. The van der Waals surface area contributed by atoms with Gasteiger partial charge >= 0.3 is 11.7 Å². The number of rotatable bonds is 1. The number of esters is 1. The predicted octanol–water partition coefficient (Wildman–Crippen LogP) is 0.951. The van der Waals surface area contributed by atoms with Gasteiger partial charge in [-0.25, -0.2) is 9.59 Å². The van der Waals surface area contributed by atoms with Gasteiger partial charge in [0.05, 0.1) is 23.7 Å². The number of methoxy groups -OCH3 is 1. The zero-order valence-corrected chi connectivity index (χ0v) is 8.38. The molecule has 0 aliphatic rings. The summed E-state index contributed by atoms with van der Waals surface area (Å²) >= 11 is 0. The van der Waals surface area contributed by atoms with Gasteiger partial charge in [-0.15, -0.1) is 0 Å². The standard InChI is InChI=1S/C10H10N2O3/c1-5-3-6(9(13)15-2)4-7-8(5)12-10(14)11-7/h3-4H,1-2H3,(H2,11,12,14). The van der Waals surface area contributed by atoms with Crippen molar-refractivity contribution in [2.24, 2.45) is 0 Å². The Labute approximate surface area is 85.1 Å². The number of fused-ring (bicyclic) bond motifs is 1. The predicted molar refractivity (Wildman–Crippen MR) is 55.0 cm³/mol. The van der Waals surface area contributed by atoms with E-state index in [1.165, 1.54) is 7.11 Å². The molecule has 0 bridgehead atoms. The number of imidazole rings is 1. The van der Waals surface area contributed by atoms with Gasteiger partial charge in [0.15, 0.2) is 0 Å². The molecule has 78 valence electrons. The fourth-order valence-electron chi connectivity index (χ4n) is 1.55. The number of benzene rings is 1. The number of aromatic amines is 2. The molecule has 0 radical (unpaired) electrons.